The zero-order valence-electron chi connectivity index (χ0n) is 15.3. The van der Waals surface area contributed by atoms with Crippen LogP contribution in [-0.4, -0.2) is 0 Å². The number of allylic oxidation sites excluding steroid dienone is 3. The molecule has 0 bridgehead atoms. The summed E-state index contributed by atoms with van der Waals surface area (Å²) >= 11 is 0. The van der Waals surface area contributed by atoms with Crippen molar-refractivity contribution in [3.63, 3.8) is 0 Å². The van der Waals surface area contributed by atoms with Gasteiger partial charge in [-0.25, -0.2) is 0 Å². The Morgan fingerprint density at radius 2 is 1.17 bits per heavy atom. The number of nitrogens with zero attached hydrogens (tertiary/aromatic N) is 9. The quantitative estimate of drug-likeness (QED) is 0.280. The Hall–Kier alpha value is -4.41. The lowest BCUT2D eigenvalue weighted by Gasteiger charge is -2.16. The average molecular weight is 381 g/mol. The van der Waals surface area contributed by atoms with Crippen LogP contribution in [0.5, 0.6) is 0 Å². The molecule has 0 saturated carbocycles. The molecule has 1 aliphatic carbocycles. The van der Waals surface area contributed by atoms with Gasteiger partial charge in [-0.15, -0.1) is 0 Å². The molecule has 0 unspecified atom stereocenters. The van der Waals surface area contributed by atoms with Gasteiger partial charge in [0.25, 0.3) is 0 Å². The highest BCUT2D eigenvalue weighted by molar-refractivity contribution is 5.64. The minimum Gasteiger partial charge on any atom is -0.0648 e. The van der Waals surface area contributed by atoms with Crippen LogP contribution in [0.25, 0.3) is 43.5 Å². The summed E-state index contributed by atoms with van der Waals surface area (Å²) < 4.78 is 0. The van der Waals surface area contributed by atoms with Crippen molar-refractivity contribution in [1.29, 1.82) is 0 Å². The molecule has 0 N–H and O–H groups in total. The normalized spacial score (nSPS) is 15.7. The van der Waals surface area contributed by atoms with Crippen molar-refractivity contribution < 1.29 is 0 Å². The van der Waals surface area contributed by atoms with Crippen LogP contribution < -0.4 is 0 Å². The molecular weight excluding hydrogens is 366 g/mol. The first kappa shape index (κ1) is 19.4. The molecule has 0 fully saturated rings. The molecule has 140 valence electrons. The summed E-state index contributed by atoms with van der Waals surface area (Å²) in [5, 5.41) is 10.9. The fourth-order valence-corrected chi connectivity index (χ4v) is 3.02. The van der Waals surface area contributed by atoms with E-state index in [1.165, 1.54) is 0 Å². The van der Waals surface area contributed by atoms with Crippen molar-refractivity contribution in [2.45, 2.75) is 12.8 Å². The van der Waals surface area contributed by atoms with Crippen LogP contribution in [0.15, 0.2) is 86.8 Å². The van der Waals surface area contributed by atoms with Crippen LogP contribution in [0.1, 0.15) is 24.0 Å². The van der Waals surface area contributed by atoms with Crippen LogP contribution in [-0.2, 0) is 0 Å². The van der Waals surface area contributed by atoms with Gasteiger partial charge >= 0.3 is 0 Å². The Morgan fingerprint density at radius 1 is 0.655 bits per heavy atom. The minimum absolute atomic E-state index is 0.549. The van der Waals surface area contributed by atoms with E-state index in [2.05, 4.69) is 30.1 Å². The largest absolute Gasteiger partial charge is 0.0648 e. The van der Waals surface area contributed by atoms with Crippen molar-refractivity contribution in [3.05, 3.63) is 114 Å². The van der Waals surface area contributed by atoms with E-state index in [1.54, 1.807) is 24.3 Å². The number of rotatable bonds is 5. The van der Waals surface area contributed by atoms with Gasteiger partial charge in [0.1, 0.15) is 0 Å². The van der Waals surface area contributed by atoms with Crippen molar-refractivity contribution in [1.82, 2.24) is 0 Å². The zero-order valence-corrected chi connectivity index (χ0v) is 15.3. The van der Waals surface area contributed by atoms with E-state index in [9.17, 15) is 0 Å². The third kappa shape index (κ3) is 5.53. The molecule has 1 aliphatic rings. The van der Waals surface area contributed by atoms with Gasteiger partial charge in [-0.05, 0) is 46.1 Å². The second-order valence-corrected chi connectivity index (χ2v) is 6.26. The molecule has 0 aliphatic heterocycles. The summed E-state index contributed by atoms with van der Waals surface area (Å²) in [6.07, 6.45) is 7.21. The molecular formula is C20H15N9. The van der Waals surface area contributed by atoms with Crippen LogP contribution in [0.2, 0.25) is 0 Å². The summed E-state index contributed by atoms with van der Waals surface area (Å²) in [7, 11) is 0. The van der Waals surface area contributed by atoms with Gasteiger partial charge < -0.3 is 0 Å². The molecule has 0 aromatic heterocycles. The average Bonchev–Trinajstić information content (AvgIpc) is 2.72. The van der Waals surface area contributed by atoms with Gasteiger partial charge in [0, 0.05) is 31.8 Å². The molecule has 29 heavy (non-hydrogen) atoms. The molecule has 2 aromatic carbocycles. The summed E-state index contributed by atoms with van der Waals surface area (Å²) in [6.45, 7) is 0. The second kappa shape index (κ2) is 9.50. The van der Waals surface area contributed by atoms with Crippen molar-refractivity contribution >= 4 is 23.5 Å². The molecule has 0 saturated heterocycles. The Morgan fingerprint density at radius 3 is 1.69 bits per heavy atom. The first-order chi connectivity index (χ1) is 14.2. The number of hydrogen-bond donors (Lipinski definition) is 0. The van der Waals surface area contributed by atoms with E-state index in [-0.39, 0.29) is 0 Å². The van der Waals surface area contributed by atoms with Crippen LogP contribution >= 0.6 is 0 Å². The van der Waals surface area contributed by atoms with E-state index in [0.29, 0.717) is 29.9 Å². The lowest BCUT2D eigenvalue weighted by molar-refractivity contribution is 0.968. The van der Waals surface area contributed by atoms with Crippen molar-refractivity contribution in [3.8, 4) is 0 Å². The number of hydrogen-bond acceptors (Lipinski definition) is 3. The van der Waals surface area contributed by atoms with E-state index in [0.717, 1.165) is 22.3 Å². The van der Waals surface area contributed by atoms with Gasteiger partial charge in [-0.1, -0.05) is 87.7 Å². The van der Waals surface area contributed by atoms with Crippen LogP contribution in [0.4, 0.5) is 11.4 Å². The molecule has 9 nitrogen and oxygen atoms in total. The fourth-order valence-electron chi connectivity index (χ4n) is 3.02. The van der Waals surface area contributed by atoms with E-state index < -0.39 is 0 Å². The van der Waals surface area contributed by atoms with Gasteiger partial charge in [-0.3, -0.25) is 0 Å². The second-order valence-electron chi connectivity index (χ2n) is 6.26. The molecule has 0 atom stereocenters. The summed E-state index contributed by atoms with van der Waals surface area (Å²) in [5.41, 5.74) is 31.6. The Bertz CT molecular complexity index is 1140. The number of azide groups is 3. The third-order valence-electron chi connectivity index (χ3n) is 4.19. The van der Waals surface area contributed by atoms with Gasteiger partial charge in [0.05, 0.1) is 0 Å². The summed E-state index contributed by atoms with van der Waals surface area (Å²) in [4.78, 5) is 8.46. The first-order valence-corrected chi connectivity index (χ1v) is 8.66. The van der Waals surface area contributed by atoms with Gasteiger partial charge in [-0.2, -0.15) is 0 Å². The van der Waals surface area contributed by atoms with E-state index in [1.807, 2.05) is 42.5 Å². The van der Waals surface area contributed by atoms with Gasteiger partial charge in [0.15, 0.2) is 0 Å². The molecule has 3 rings (SSSR count). The topological polar surface area (TPSA) is 146 Å². The van der Waals surface area contributed by atoms with Crippen LogP contribution in [0.3, 0.4) is 0 Å². The molecule has 0 amide bonds. The minimum atomic E-state index is 0.549. The Balaban J connectivity index is 1.89. The molecule has 0 spiro atoms. The third-order valence-corrected chi connectivity index (χ3v) is 4.19. The predicted molar refractivity (Wildman–Crippen MR) is 113 cm³/mol. The zero-order chi connectivity index (χ0) is 20.5. The molecule has 0 heterocycles. The van der Waals surface area contributed by atoms with E-state index in [4.69, 9.17) is 16.6 Å². The smallest absolute Gasteiger partial charge is 0.0375 e. The molecule has 0 radical (unpaired) electrons. The predicted octanol–water partition coefficient (Wildman–Crippen LogP) is 8.03. The highest BCUT2D eigenvalue weighted by Crippen LogP contribution is 2.31. The fraction of sp³-hybridized carbons (Fsp3) is 0.100. The van der Waals surface area contributed by atoms with Crippen molar-refractivity contribution in [2.75, 3.05) is 0 Å². The lowest BCUT2D eigenvalue weighted by Crippen LogP contribution is -1.97. The highest BCUT2D eigenvalue weighted by Gasteiger charge is 2.12. The Kier molecular flexibility index (Phi) is 6.34. The maximum atomic E-state index is 8.83. The summed E-state index contributed by atoms with van der Waals surface area (Å²) in [5.74, 6) is 0. The van der Waals surface area contributed by atoms with Crippen LogP contribution in [0, 0.1) is 0 Å². The maximum Gasteiger partial charge on any atom is 0.0375 e. The molecule has 2 aromatic rings. The standard InChI is InChI=1S/C20H15N9/c21-27-24-18-5-1-14(2-6-18)9-16-11-17(13-20(12-16)26-29-23)10-15-3-7-19(8-4-15)25-28-22/h1-10,12H,11,13H2. The van der Waals surface area contributed by atoms with Gasteiger partial charge in [0.2, 0.25) is 0 Å². The summed E-state index contributed by atoms with van der Waals surface area (Å²) in [6, 6.07) is 14.5. The monoisotopic (exact) mass is 381 g/mol. The Labute approximate surface area is 166 Å². The number of benzene rings is 2. The van der Waals surface area contributed by atoms with Crippen molar-refractivity contribution in [2.24, 2.45) is 15.3 Å². The highest BCUT2D eigenvalue weighted by atomic mass is 15.1. The SMILES string of the molecule is [N-]=[N+]=NC1=CC(=Cc2ccc(N=[N+]=[N-])cc2)CC(=Cc2ccc(N=[N+]=[N-])cc2)C1. The maximum absolute atomic E-state index is 8.83. The lowest BCUT2D eigenvalue weighted by atomic mass is 9.91. The first-order valence-electron chi connectivity index (χ1n) is 8.66. The molecule has 9 heteroatoms. The van der Waals surface area contributed by atoms with E-state index >= 15 is 0 Å².